The molecule has 1 fully saturated rings. The van der Waals surface area contributed by atoms with Crippen LogP contribution in [0.4, 0.5) is 13.2 Å². The summed E-state index contributed by atoms with van der Waals surface area (Å²) in [6.45, 7) is 3.12. The van der Waals surface area contributed by atoms with Crippen molar-refractivity contribution in [3.63, 3.8) is 0 Å². The first kappa shape index (κ1) is 14.7. The molecule has 19 heavy (non-hydrogen) atoms. The molecular formula is C13H17F3N2S. The quantitative estimate of drug-likeness (QED) is 0.868. The largest absolute Gasteiger partial charge is 0.329 e. The molecule has 0 aromatic heterocycles. The molecule has 1 aromatic rings. The predicted molar refractivity (Wildman–Crippen MR) is 71.6 cm³/mol. The number of nitrogens with two attached hydrogens (primary N) is 1. The van der Waals surface area contributed by atoms with Crippen LogP contribution >= 0.6 is 11.8 Å². The fourth-order valence-corrected chi connectivity index (χ4v) is 3.47. The van der Waals surface area contributed by atoms with Crippen molar-refractivity contribution in [3.05, 3.63) is 35.1 Å². The van der Waals surface area contributed by atoms with Gasteiger partial charge in [0.25, 0.3) is 0 Å². The lowest BCUT2D eigenvalue weighted by atomic mass is 10.0. The van der Waals surface area contributed by atoms with E-state index in [1.165, 1.54) is 0 Å². The van der Waals surface area contributed by atoms with Gasteiger partial charge in [0.15, 0.2) is 17.5 Å². The van der Waals surface area contributed by atoms with E-state index in [0.717, 1.165) is 30.2 Å². The molecule has 1 aliphatic rings. The van der Waals surface area contributed by atoms with Crippen LogP contribution < -0.4 is 5.73 Å². The highest BCUT2D eigenvalue weighted by atomic mass is 32.2. The second kappa shape index (κ2) is 6.15. The Morgan fingerprint density at radius 1 is 1.37 bits per heavy atom. The summed E-state index contributed by atoms with van der Waals surface area (Å²) in [6.07, 6.45) is 0. The van der Waals surface area contributed by atoms with Gasteiger partial charge in [0.1, 0.15) is 0 Å². The Kier molecular flexibility index (Phi) is 4.76. The molecule has 2 N–H and O–H groups in total. The zero-order valence-electron chi connectivity index (χ0n) is 10.7. The van der Waals surface area contributed by atoms with Crippen LogP contribution in [0.1, 0.15) is 18.5 Å². The van der Waals surface area contributed by atoms with Gasteiger partial charge in [-0.1, -0.05) is 0 Å². The Labute approximate surface area is 115 Å². The topological polar surface area (TPSA) is 29.3 Å². The number of thioether (sulfide) groups is 1. The van der Waals surface area contributed by atoms with Crippen molar-refractivity contribution >= 4 is 11.8 Å². The normalized spacial score (nSPS) is 22.5. The summed E-state index contributed by atoms with van der Waals surface area (Å²) in [5.41, 5.74) is 6.15. The predicted octanol–water partition coefficient (Wildman–Crippen LogP) is 2.54. The van der Waals surface area contributed by atoms with Gasteiger partial charge >= 0.3 is 0 Å². The van der Waals surface area contributed by atoms with E-state index in [-0.39, 0.29) is 18.6 Å². The molecule has 6 heteroatoms. The average Bonchev–Trinajstić information content (AvgIpc) is 2.39. The number of halogens is 3. The summed E-state index contributed by atoms with van der Waals surface area (Å²) >= 11 is 1.85. The molecule has 0 amide bonds. The molecule has 1 saturated heterocycles. The molecule has 1 aliphatic heterocycles. The van der Waals surface area contributed by atoms with E-state index in [0.29, 0.717) is 5.56 Å². The summed E-state index contributed by atoms with van der Waals surface area (Å²) in [4.78, 5) is 2.13. The monoisotopic (exact) mass is 290 g/mol. The van der Waals surface area contributed by atoms with Gasteiger partial charge < -0.3 is 5.73 Å². The second-order valence-corrected chi connectivity index (χ2v) is 5.86. The number of hydrogen-bond acceptors (Lipinski definition) is 3. The third-order valence-electron chi connectivity index (χ3n) is 3.43. The van der Waals surface area contributed by atoms with Crippen LogP contribution in [0.15, 0.2) is 12.1 Å². The lowest BCUT2D eigenvalue weighted by molar-refractivity contribution is 0.165. The van der Waals surface area contributed by atoms with E-state index in [1.54, 1.807) is 0 Å². The number of hydrogen-bond donors (Lipinski definition) is 1. The molecular weight excluding hydrogens is 273 g/mol. The van der Waals surface area contributed by atoms with Gasteiger partial charge in [-0.2, -0.15) is 11.8 Å². The molecule has 2 rings (SSSR count). The minimum Gasteiger partial charge on any atom is -0.329 e. The van der Waals surface area contributed by atoms with Gasteiger partial charge in [0, 0.05) is 36.7 Å². The van der Waals surface area contributed by atoms with Crippen LogP contribution in [-0.2, 0) is 0 Å². The Balaban J connectivity index is 2.31. The minimum absolute atomic E-state index is 0.250. The van der Waals surface area contributed by atoms with Crippen LogP contribution in [0.2, 0.25) is 0 Å². The van der Waals surface area contributed by atoms with E-state index in [4.69, 9.17) is 5.73 Å². The zero-order valence-corrected chi connectivity index (χ0v) is 11.5. The van der Waals surface area contributed by atoms with Gasteiger partial charge in [-0.05, 0) is 24.6 Å². The summed E-state index contributed by atoms with van der Waals surface area (Å²) in [5.74, 6) is -1.82. The maximum atomic E-state index is 13.3. The Hall–Kier alpha value is -0.720. The highest BCUT2D eigenvalue weighted by Gasteiger charge is 2.28. The van der Waals surface area contributed by atoms with Crippen molar-refractivity contribution in [1.82, 2.24) is 4.90 Å². The van der Waals surface area contributed by atoms with Crippen LogP contribution in [0.3, 0.4) is 0 Å². The number of rotatable bonds is 3. The Morgan fingerprint density at radius 2 is 2.00 bits per heavy atom. The van der Waals surface area contributed by atoms with E-state index in [9.17, 15) is 13.2 Å². The van der Waals surface area contributed by atoms with Crippen molar-refractivity contribution in [2.45, 2.75) is 19.0 Å². The van der Waals surface area contributed by atoms with Gasteiger partial charge in [0.2, 0.25) is 0 Å². The standard InChI is InChI=1S/C13H17F3N2S/c1-8-7-19-3-2-18(8)12(6-17)9-4-10(14)13(16)11(15)5-9/h4-5,8,12H,2-3,6-7,17H2,1H3. The van der Waals surface area contributed by atoms with Crippen molar-refractivity contribution in [3.8, 4) is 0 Å². The fourth-order valence-electron chi connectivity index (χ4n) is 2.43. The van der Waals surface area contributed by atoms with Crippen molar-refractivity contribution < 1.29 is 13.2 Å². The molecule has 0 bridgehead atoms. The lowest BCUT2D eigenvalue weighted by Crippen LogP contribution is -2.45. The van der Waals surface area contributed by atoms with Crippen LogP contribution in [-0.4, -0.2) is 35.5 Å². The molecule has 0 saturated carbocycles. The van der Waals surface area contributed by atoms with Crippen LogP contribution in [0.5, 0.6) is 0 Å². The summed E-state index contributed by atoms with van der Waals surface area (Å²) < 4.78 is 39.6. The maximum Gasteiger partial charge on any atom is 0.194 e. The third-order valence-corrected chi connectivity index (χ3v) is 4.62. The molecule has 0 spiro atoms. The van der Waals surface area contributed by atoms with Crippen molar-refractivity contribution in [1.29, 1.82) is 0 Å². The smallest absolute Gasteiger partial charge is 0.194 e. The number of nitrogens with zero attached hydrogens (tertiary/aromatic N) is 1. The van der Waals surface area contributed by atoms with E-state index in [1.807, 2.05) is 11.8 Å². The summed E-state index contributed by atoms with van der Waals surface area (Å²) in [6, 6.07) is 2.10. The number of benzene rings is 1. The van der Waals surface area contributed by atoms with Gasteiger partial charge in [-0.25, -0.2) is 13.2 Å². The molecule has 2 nitrogen and oxygen atoms in total. The van der Waals surface area contributed by atoms with E-state index >= 15 is 0 Å². The molecule has 0 aliphatic carbocycles. The van der Waals surface area contributed by atoms with Crippen molar-refractivity contribution in [2.24, 2.45) is 5.73 Å². The van der Waals surface area contributed by atoms with Crippen molar-refractivity contribution in [2.75, 3.05) is 24.6 Å². The highest BCUT2D eigenvalue weighted by molar-refractivity contribution is 7.99. The fraction of sp³-hybridized carbons (Fsp3) is 0.538. The molecule has 1 heterocycles. The lowest BCUT2D eigenvalue weighted by Gasteiger charge is -2.39. The second-order valence-electron chi connectivity index (χ2n) is 4.71. The first-order chi connectivity index (χ1) is 9.04. The Bertz CT molecular complexity index is 433. The highest BCUT2D eigenvalue weighted by Crippen LogP contribution is 2.28. The molecule has 2 atom stereocenters. The maximum absolute atomic E-state index is 13.3. The summed E-state index contributed by atoms with van der Waals surface area (Å²) in [7, 11) is 0. The first-order valence-corrected chi connectivity index (χ1v) is 7.38. The molecule has 1 aromatic carbocycles. The van der Waals surface area contributed by atoms with E-state index in [2.05, 4.69) is 11.8 Å². The van der Waals surface area contributed by atoms with Gasteiger partial charge in [0.05, 0.1) is 0 Å². The Morgan fingerprint density at radius 3 is 2.53 bits per heavy atom. The summed E-state index contributed by atoms with van der Waals surface area (Å²) in [5, 5.41) is 0. The zero-order chi connectivity index (χ0) is 14.0. The molecule has 2 unspecified atom stereocenters. The van der Waals surface area contributed by atoms with Crippen LogP contribution in [0, 0.1) is 17.5 Å². The minimum atomic E-state index is -1.43. The van der Waals surface area contributed by atoms with E-state index < -0.39 is 17.5 Å². The first-order valence-electron chi connectivity index (χ1n) is 6.22. The van der Waals surface area contributed by atoms with Gasteiger partial charge in [-0.15, -0.1) is 0 Å². The third kappa shape index (κ3) is 3.07. The SMILES string of the molecule is CC1CSCCN1C(CN)c1cc(F)c(F)c(F)c1. The average molecular weight is 290 g/mol. The van der Waals surface area contributed by atoms with Gasteiger partial charge in [-0.3, -0.25) is 4.90 Å². The molecule has 106 valence electrons. The van der Waals surface area contributed by atoms with Crippen LogP contribution in [0.25, 0.3) is 0 Å². The molecule has 0 radical (unpaired) electrons.